The maximum atomic E-state index is 12.6. The lowest BCUT2D eigenvalue weighted by Gasteiger charge is -2.36. The largest absolute Gasteiger partial charge is 0.392 e. The number of aliphatic hydroxyl groups is 1. The summed E-state index contributed by atoms with van der Waals surface area (Å²) in [5, 5.41) is 9.94. The van der Waals surface area contributed by atoms with E-state index in [4.69, 9.17) is 0 Å². The van der Waals surface area contributed by atoms with Gasteiger partial charge in [-0.05, 0) is 19.3 Å². The van der Waals surface area contributed by atoms with Crippen molar-refractivity contribution in [1.29, 1.82) is 0 Å². The number of aromatic nitrogens is 4. The fourth-order valence-electron chi connectivity index (χ4n) is 3.47. The Morgan fingerprint density at radius 3 is 2.74 bits per heavy atom. The first-order chi connectivity index (χ1) is 11.0. The summed E-state index contributed by atoms with van der Waals surface area (Å²) in [7, 11) is 3.10. The van der Waals surface area contributed by atoms with Gasteiger partial charge in [0.15, 0.2) is 11.2 Å². The summed E-state index contributed by atoms with van der Waals surface area (Å²) in [4.78, 5) is 31.1. The summed E-state index contributed by atoms with van der Waals surface area (Å²) in [6.45, 7) is 3.51. The molecule has 0 aliphatic carbocycles. The van der Waals surface area contributed by atoms with E-state index in [0.29, 0.717) is 17.7 Å². The molecule has 2 aromatic rings. The molecule has 8 nitrogen and oxygen atoms in total. The van der Waals surface area contributed by atoms with Gasteiger partial charge in [-0.3, -0.25) is 18.8 Å². The summed E-state index contributed by atoms with van der Waals surface area (Å²) >= 11 is 0. The molecule has 1 N–H and O–H groups in total. The molecular weight excluding hydrogens is 298 g/mol. The molecule has 8 heteroatoms. The van der Waals surface area contributed by atoms with Gasteiger partial charge < -0.3 is 9.67 Å². The van der Waals surface area contributed by atoms with Crippen molar-refractivity contribution in [3.8, 4) is 0 Å². The Morgan fingerprint density at radius 1 is 1.35 bits per heavy atom. The van der Waals surface area contributed by atoms with Crippen molar-refractivity contribution >= 4 is 11.2 Å². The van der Waals surface area contributed by atoms with Gasteiger partial charge in [-0.25, -0.2) is 9.78 Å². The van der Waals surface area contributed by atoms with Gasteiger partial charge >= 0.3 is 5.69 Å². The van der Waals surface area contributed by atoms with E-state index in [0.717, 1.165) is 30.4 Å². The number of aryl methyl sites for hydroxylation is 1. The van der Waals surface area contributed by atoms with Crippen molar-refractivity contribution in [2.45, 2.75) is 38.5 Å². The van der Waals surface area contributed by atoms with E-state index >= 15 is 0 Å². The summed E-state index contributed by atoms with van der Waals surface area (Å²) in [5.74, 6) is 0. The minimum atomic E-state index is -0.380. The number of imidazole rings is 1. The quantitative estimate of drug-likeness (QED) is 0.846. The van der Waals surface area contributed by atoms with Crippen molar-refractivity contribution in [3.05, 3.63) is 27.2 Å². The molecule has 2 atom stereocenters. The highest BCUT2D eigenvalue weighted by Crippen LogP contribution is 2.24. The molecule has 3 heterocycles. The highest BCUT2D eigenvalue weighted by molar-refractivity contribution is 5.70. The number of hydrogen-bond donors (Lipinski definition) is 1. The zero-order chi connectivity index (χ0) is 16.7. The van der Waals surface area contributed by atoms with Crippen LogP contribution in [0.1, 0.15) is 32.4 Å². The van der Waals surface area contributed by atoms with Crippen LogP contribution in [-0.4, -0.2) is 47.9 Å². The van der Waals surface area contributed by atoms with Crippen molar-refractivity contribution in [3.63, 3.8) is 0 Å². The van der Waals surface area contributed by atoms with E-state index in [1.165, 1.54) is 11.6 Å². The highest BCUT2D eigenvalue weighted by atomic mass is 16.3. The van der Waals surface area contributed by atoms with Crippen molar-refractivity contribution in [2.24, 2.45) is 14.1 Å². The molecule has 3 rings (SSSR count). The summed E-state index contributed by atoms with van der Waals surface area (Å²) < 4.78 is 4.35. The van der Waals surface area contributed by atoms with Gasteiger partial charge in [-0.15, -0.1) is 0 Å². The van der Waals surface area contributed by atoms with Crippen molar-refractivity contribution in [1.82, 2.24) is 23.6 Å². The highest BCUT2D eigenvalue weighted by Gasteiger charge is 2.27. The smallest absolute Gasteiger partial charge is 0.332 e. The van der Waals surface area contributed by atoms with E-state index in [-0.39, 0.29) is 23.5 Å². The van der Waals surface area contributed by atoms with Gasteiger partial charge in [0.1, 0.15) is 0 Å². The first-order valence-corrected chi connectivity index (χ1v) is 8.00. The predicted molar refractivity (Wildman–Crippen MR) is 86.4 cm³/mol. The molecule has 2 unspecified atom stereocenters. The third kappa shape index (κ3) is 2.51. The van der Waals surface area contributed by atoms with Crippen LogP contribution in [0.5, 0.6) is 0 Å². The Balaban J connectivity index is 2.15. The van der Waals surface area contributed by atoms with E-state index in [2.05, 4.69) is 9.88 Å². The second-order valence-corrected chi connectivity index (χ2v) is 6.21. The van der Waals surface area contributed by atoms with Crippen LogP contribution in [0.25, 0.3) is 11.2 Å². The number of hydrogen-bond acceptors (Lipinski definition) is 5. The third-order valence-corrected chi connectivity index (χ3v) is 4.71. The molecule has 1 fully saturated rings. The molecule has 126 valence electrons. The number of piperidine rings is 1. The zero-order valence-electron chi connectivity index (χ0n) is 13.8. The summed E-state index contributed by atoms with van der Waals surface area (Å²) in [6.07, 6.45) is 3.76. The van der Waals surface area contributed by atoms with E-state index in [1.54, 1.807) is 13.4 Å². The Kier molecular flexibility index (Phi) is 4.11. The van der Waals surface area contributed by atoms with Gasteiger partial charge in [0, 0.05) is 27.2 Å². The average molecular weight is 321 g/mol. The SMILES string of the molecule is CCC(N1CCCC(O)C1)n1cnc2c1c(=O)n(C)c(=O)n2C. The fourth-order valence-corrected chi connectivity index (χ4v) is 3.47. The Morgan fingerprint density at radius 2 is 2.09 bits per heavy atom. The van der Waals surface area contributed by atoms with Gasteiger partial charge in [-0.2, -0.15) is 0 Å². The molecule has 0 saturated carbocycles. The number of likely N-dealkylation sites (tertiary alicyclic amines) is 1. The molecule has 2 aromatic heterocycles. The minimum Gasteiger partial charge on any atom is -0.392 e. The third-order valence-electron chi connectivity index (χ3n) is 4.71. The number of nitrogens with zero attached hydrogens (tertiary/aromatic N) is 5. The van der Waals surface area contributed by atoms with Gasteiger partial charge in [0.2, 0.25) is 0 Å². The lowest BCUT2D eigenvalue weighted by molar-refractivity contribution is 0.0247. The first-order valence-electron chi connectivity index (χ1n) is 8.00. The number of aliphatic hydroxyl groups excluding tert-OH is 1. The lowest BCUT2D eigenvalue weighted by atomic mass is 10.1. The van der Waals surface area contributed by atoms with Crippen LogP contribution in [0, 0.1) is 0 Å². The average Bonchev–Trinajstić information content (AvgIpc) is 2.97. The number of fused-ring (bicyclic) bond motifs is 1. The van der Waals surface area contributed by atoms with Crippen LogP contribution in [-0.2, 0) is 14.1 Å². The summed E-state index contributed by atoms with van der Waals surface area (Å²) in [6, 6.07) is 0. The normalized spacial score (nSPS) is 21.0. The molecule has 1 aliphatic heterocycles. The fraction of sp³-hybridized carbons (Fsp3) is 0.667. The minimum absolute atomic E-state index is 0.0554. The van der Waals surface area contributed by atoms with Crippen LogP contribution in [0.15, 0.2) is 15.9 Å². The van der Waals surface area contributed by atoms with E-state index in [9.17, 15) is 14.7 Å². The van der Waals surface area contributed by atoms with Crippen molar-refractivity contribution in [2.75, 3.05) is 13.1 Å². The summed E-state index contributed by atoms with van der Waals surface area (Å²) in [5.41, 5.74) is 0.112. The molecule has 0 amide bonds. The molecule has 0 aromatic carbocycles. The van der Waals surface area contributed by atoms with Crippen LogP contribution >= 0.6 is 0 Å². The topological polar surface area (TPSA) is 85.3 Å². The monoisotopic (exact) mass is 321 g/mol. The molecule has 23 heavy (non-hydrogen) atoms. The molecule has 0 bridgehead atoms. The van der Waals surface area contributed by atoms with E-state index < -0.39 is 0 Å². The molecule has 1 saturated heterocycles. The predicted octanol–water partition coefficient (Wildman–Crippen LogP) is -0.201. The first kappa shape index (κ1) is 15.9. The van der Waals surface area contributed by atoms with Gasteiger partial charge in [0.25, 0.3) is 5.56 Å². The van der Waals surface area contributed by atoms with Crippen LogP contribution in [0.4, 0.5) is 0 Å². The maximum Gasteiger partial charge on any atom is 0.332 e. The van der Waals surface area contributed by atoms with Gasteiger partial charge in [-0.1, -0.05) is 6.92 Å². The number of β-amino-alcohol motifs (C(OH)–C–C–N with tert-alkyl or cyclic N) is 1. The maximum absolute atomic E-state index is 12.6. The molecular formula is C15H23N5O3. The van der Waals surface area contributed by atoms with E-state index in [1.807, 2.05) is 11.5 Å². The second-order valence-electron chi connectivity index (χ2n) is 6.21. The molecule has 1 aliphatic rings. The van der Waals surface area contributed by atoms with Crippen molar-refractivity contribution < 1.29 is 5.11 Å². The van der Waals surface area contributed by atoms with Crippen LogP contribution in [0.3, 0.4) is 0 Å². The molecule has 0 spiro atoms. The lowest BCUT2D eigenvalue weighted by Crippen LogP contribution is -2.43. The van der Waals surface area contributed by atoms with Crippen LogP contribution < -0.4 is 11.2 Å². The van der Waals surface area contributed by atoms with Gasteiger partial charge in [0.05, 0.1) is 18.6 Å². The molecule has 0 radical (unpaired) electrons. The second kappa shape index (κ2) is 5.93. The Hall–Kier alpha value is -1.93. The Bertz CT molecular complexity index is 834. The standard InChI is InChI=1S/C15H23N5O3/c1-4-11(19-7-5-6-10(21)8-19)20-9-16-13-12(20)14(22)18(3)15(23)17(13)2/h9-11,21H,4-8H2,1-3H3. The zero-order valence-corrected chi connectivity index (χ0v) is 13.8. The Labute approximate surface area is 133 Å². The number of rotatable bonds is 3. The van der Waals surface area contributed by atoms with Crippen LogP contribution in [0.2, 0.25) is 0 Å².